The molecule has 10 rings (SSSR count). The molecule has 0 saturated heterocycles. The van der Waals surface area contributed by atoms with Gasteiger partial charge >= 0.3 is 0 Å². The van der Waals surface area contributed by atoms with Crippen molar-refractivity contribution >= 4 is 71.8 Å². The first-order chi connectivity index (χ1) is 24.3. The van der Waals surface area contributed by atoms with Crippen LogP contribution in [-0.2, 0) is 0 Å². The molecule has 0 fully saturated rings. The first-order valence-electron chi connectivity index (χ1n) is 16.4. The van der Waals surface area contributed by atoms with Gasteiger partial charge < -0.3 is 13.7 Å². The summed E-state index contributed by atoms with van der Waals surface area (Å²) in [6, 6.07) is 57.5. The number of benzene rings is 7. The summed E-state index contributed by atoms with van der Waals surface area (Å²) < 4.78 is 12.6. The van der Waals surface area contributed by atoms with Crippen molar-refractivity contribution < 1.29 is 8.83 Å². The number of hydrogen-bond donors (Lipinski definition) is 0. The van der Waals surface area contributed by atoms with E-state index in [9.17, 15) is 0 Å². The Hall–Kier alpha value is -6.65. The van der Waals surface area contributed by atoms with Gasteiger partial charge in [0.05, 0.1) is 5.69 Å². The maximum Gasteiger partial charge on any atom is 0.227 e. The number of para-hydroxylation sites is 2. The second-order valence-corrected chi connectivity index (χ2v) is 12.4. The van der Waals surface area contributed by atoms with E-state index in [1.807, 2.05) is 30.3 Å². The number of pyridine rings is 1. The third-order valence-corrected chi connectivity index (χ3v) is 9.55. The van der Waals surface area contributed by atoms with Crippen molar-refractivity contribution in [3.63, 3.8) is 0 Å². The maximum absolute atomic E-state index is 6.54. The Labute approximate surface area is 282 Å². The summed E-state index contributed by atoms with van der Waals surface area (Å²) in [5.41, 5.74) is 11.0. The average molecular weight is 629 g/mol. The topological polar surface area (TPSA) is 42.4 Å². The van der Waals surface area contributed by atoms with E-state index in [-0.39, 0.29) is 0 Å². The maximum atomic E-state index is 6.54. The third kappa shape index (κ3) is 4.49. The first-order valence-corrected chi connectivity index (χ1v) is 16.4. The van der Waals surface area contributed by atoms with Gasteiger partial charge in [-0.3, -0.25) is 0 Å². The zero-order chi connectivity index (χ0) is 32.3. The minimum Gasteiger partial charge on any atom is -0.454 e. The zero-order valence-electron chi connectivity index (χ0n) is 26.4. The van der Waals surface area contributed by atoms with Crippen LogP contribution < -0.4 is 4.90 Å². The average Bonchev–Trinajstić information content (AvgIpc) is 3.75. The number of anilines is 3. The van der Waals surface area contributed by atoms with E-state index in [0.29, 0.717) is 5.71 Å². The lowest BCUT2D eigenvalue weighted by Gasteiger charge is -2.26. The van der Waals surface area contributed by atoms with Gasteiger partial charge in [0.2, 0.25) is 5.71 Å². The molecule has 230 valence electrons. The van der Waals surface area contributed by atoms with Crippen LogP contribution in [0.5, 0.6) is 0 Å². The zero-order valence-corrected chi connectivity index (χ0v) is 26.4. The molecule has 0 aliphatic carbocycles. The van der Waals surface area contributed by atoms with E-state index < -0.39 is 0 Å². The monoisotopic (exact) mass is 628 g/mol. The van der Waals surface area contributed by atoms with Crippen molar-refractivity contribution in [1.82, 2.24) is 4.98 Å². The van der Waals surface area contributed by atoms with E-state index in [4.69, 9.17) is 8.83 Å². The minimum atomic E-state index is 0.663. The van der Waals surface area contributed by atoms with Gasteiger partial charge in [0.25, 0.3) is 0 Å². The van der Waals surface area contributed by atoms with Crippen LogP contribution in [0.25, 0.3) is 77.0 Å². The number of aromatic nitrogens is 1. The van der Waals surface area contributed by atoms with Gasteiger partial charge in [-0.1, -0.05) is 103 Å². The quantitative estimate of drug-likeness (QED) is 0.190. The normalized spacial score (nSPS) is 11.7. The third-order valence-electron chi connectivity index (χ3n) is 9.55. The van der Waals surface area contributed by atoms with Gasteiger partial charge in [0.15, 0.2) is 5.58 Å². The number of nitrogens with zero attached hydrogens (tertiary/aromatic N) is 2. The summed E-state index contributed by atoms with van der Waals surface area (Å²) >= 11 is 0. The molecule has 0 amide bonds. The summed E-state index contributed by atoms with van der Waals surface area (Å²) in [4.78, 5) is 6.74. The Morgan fingerprint density at radius 2 is 1.08 bits per heavy atom. The molecule has 3 aromatic heterocycles. The van der Waals surface area contributed by atoms with Crippen molar-refractivity contribution in [2.75, 3.05) is 4.90 Å². The van der Waals surface area contributed by atoms with Crippen LogP contribution in [0.2, 0.25) is 0 Å². The lowest BCUT2D eigenvalue weighted by Crippen LogP contribution is -2.10. The van der Waals surface area contributed by atoms with Crippen LogP contribution in [-0.4, -0.2) is 4.98 Å². The van der Waals surface area contributed by atoms with E-state index in [1.165, 1.54) is 16.5 Å². The summed E-state index contributed by atoms with van der Waals surface area (Å²) in [5, 5.41) is 6.67. The number of furan rings is 2. The predicted octanol–water partition coefficient (Wildman–Crippen LogP) is 12.8. The van der Waals surface area contributed by atoms with Gasteiger partial charge in [-0.2, -0.15) is 0 Å². The fourth-order valence-corrected chi connectivity index (χ4v) is 7.18. The van der Waals surface area contributed by atoms with Crippen molar-refractivity contribution in [3.8, 4) is 22.3 Å². The molecule has 0 unspecified atom stereocenters. The number of hydrogen-bond acceptors (Lipinski definition) is 4. The van der Waals surface area contributed by atoms with E-state index in [2.05, 4.69) is 143 Å². The Kier molecular flexibility index (Phi) is 6.15. The van der Waals surface area contributed by atoms with Crippen LogP contribution in [0.1, 0.15) is 0 Å². The van der Waals surface area contributed by atoms with Crippen LogP contribution >= 0.6 is 0 Å². The number of fused-ring (bicyclic) bond motifs is 8. The molecule has 7 aromatic carbocycles. The van der Waals surface area contributed by atoms with Crippen molar-refractivity contribution in [3.05, 3.63) is 170 Å². The molecular weight excluding hydrogens is 601 g/mol. The standard InChI is InChI=1S/C45H28N2O2/c1-2-8-29(9-3-1)30-17-22-34(23-18-30)47(40-13-6-11-37-36-10-4-5-14-41(36)48-44(37)40)35-24-19-31(20-25-35)33-16-15-32-21-26-42-43(39(32)28-33)38-12-7-27-46-45(38)49-42/h1-28H. The van der Waals surface area contributed by atoms with Crippen molar-refractivity contribution in [2.24, 2.45) is 0 Å². The lowest BCUT2D eigenvalue weighted by molar-refractivity contribution is 0.654. The largest absolute Gasteiger partial charge is 0.454 e. The fourth-order valence-electron chi connectivity index (χ4n) is 7.18. The SMILES string of the molecule is c1ccc(-c2ccc(N(c3ccc(-c4ccc5ccc6oc7ncccc7c6c5c4)cc3)c3cccc4c3oc3ccccc34)cc2)cc1. The van der Waals surface area contributed by atoms with Gasteiger partial charge in [-0.15, -0.1) is 0 Å². The molecule has 0 atom stereocenters. The molecule has 0 radical (unpaired) electrons. The fraction of sp³-hybridized carbons (Fsp3) is 0. The highest BCUT2D eigenvalue weighted by molar-refractivity contribution is 6.18. The van der Waals surface area contributed by atoms with Crippen LogP contribution in [0.3, 0.4) is 0 Å². The van der Waals surface area contributed by atoms with Crippen LogP contribution in [0, 0.1) is 0 Å². The Bertz CT molecular complexity index is 2810. The molecule has 4 nitrogen and oxygen atoms in total. The summed E-state index contributed by atoms with van der Waals surface area (Å²) in [7, 11) is 0. The van der Waals surface area contributed by atoms with Gasteiger partial charge in [-0.25, -0.2) is 4.98 Å². The second kappa shape index (κ2) is 11.0. The van der Waals surface area contributed by atoms with Crippen molar-refractivity contribution in [1.29, 1.82) is 0 Å². The molecule has 49 heavy (non-hydrogen) atoms. The summed E-state index contributed by atoms with van der Waals surface area (Å²) in [6.07, 6.45) is 1.77. The highest BCUT2D eigenvalue weighted by atomic mass is 16.3. The molecular formula is C45H28N2O2. The first kappa shape index (κ1) is 27.5. The van der Waals surface area contributed by atoms with E-state index in [1.54, 1.807) is 6.20 Å². The van der Waals surface area contributed by atoms with E-state index in [0.717, 1.165) is 71.9 Å². The van der Waals surface area contributed by atoms with Crippen molar-refractivity contribution in [2.45, 2.75) is 0 Å². The van der Waals surface area contributed by atoms with Gasteiger partial charge in [0.1, 0.15) is 11.2 Å². The molecule has 10 aromatic rings. The highest BCUT2D eigenvalue weighted by Crippen LogP contribution is 2.43. The highest BCUT2D eigenvalue weighted by Gasteiger charge is 2.20. The number of rotatable bonds is 5. The second-order valence-electron chi connectivity index (χ2n) is 12.4. The molecule has 0 N–H and O–H groups in total. The predicted molar refractivity (Wildman–Crippen MR) is 202 cm³/mol. The molecule has 0 aliphatic rings. The van der Waals surface area contributed by atoms with E-state index >= 15 is 0 Å². The molecule has 0 aliphatic heterocycles. The van der Waals surface area contributed by atoms with Crippen LogP contribution in [0.4, 0.5) is 17.1 Å². The lowest BCUT2D eigenvalue weighted by atomic mass is 9.98. The summed E-state index contributed by atoms with van der Waals surface area (Å²) in [5.74, 6) is 0. The van der Waals surface area contributed by atoms with Crippen LogP contribution in [0.15, 0.2) is 179 Å². The minimum absolute atomic E-state index is 0.663. The smallest absolute Gasteiger partial charge is 0.227 e. The van der Waals surface area contributed by atoms with Gasteiger partial charge in [0, 0.05) is 39.1 Å². The molecule has 0 spiro atoms. The Morgan fingerprint density at radius 3 is 1.90 bits per heavy atom. The molecule has 0 bridgehead atoms. The molecule has 3 heterocycles. The molecule has 4 heteroatoms. The van der Waals surface area contributed by atoms with Gasteiger partial charge in [-0.05, 0) is 93.7 Å². The summed E-state index contributed by atoms with van der Waals surface area (Å²) in [6.45, 7) is 0. The Balaban J connectivity index is 1.11. The Morgan fingerprint density at radius 1 is 0.429 bits per heavy atom. The molecule has 0 saturated carbocycles.